The van der Waals surface area contributed by atoms with Crippen LogP contribution in [-0.2, 0) is 16.0 Å². The summed E-state index contributed by atoms with van der Waals surface area (Å²) in [6.07, 6.45) is 1.38. The fourth-order valence-electron chi connectivity index (χ4n) is 3.39. The number of nitrogens with zero attached hydrogens (tertiary/aromatic N) is 2. The van der Waals surface area contributed by atoms with Gasteiger partial charge in [-0.1, -0.05) is 12.1 Å². The molecule has 1 fully saturated rings. The highest BCUT2D eigenvalue weighted by molar-refractivity contribution is 7.09. The minimum atomic E-state index is -0.129. The number of hydrogen-bond acceptors (Lipinski definition) is 5. The van der Waals surface area contributed by atoms with Crippen LogP contribution in [0.2, 0.25) is 0 Å². The van der Waals surface area contributed by atoms with E-state index in [1.807, 2.05) is 34.5 Å². The van der Waals surface area contributed by atoms with Crippen LogP contribution in [0.15, 0.2) is 35.7 Å². The van der Waals surface area contributed by atoms with Crippen molar-refractivity contribution in [3.63, 3.8) is 0 Å². The summed E-state index contributed by atoms with van der Waals surface area (Å²) in [5, 5.41) is 4.89. The van der Waals surface area contributed by atoms with Gasteiger partial charge in [0.25, 0.3) is 5.91 Å². The molecule has 1 aromatic heterocycles. The fourth-order valence-corrected chi connectivity index (χ4v) is 4.10. The van der Waals surface area contributed by atoms with Crippen LogP contribution in [-0.4, -0.2) is 49.5 Å². The van der Waals surface area contributed by atoms with Crippen molar-refractivity contribution in [2.75, 3.05) is 43.0 Å². The zero-order valence-electron chi connectivity index (χ0n) is 14.4. The zero-order valence-corrected chi connectivity index (χ0v) is 15.3. The Morgan fingerprint density at radius 2 is 2.00 bits per heavy atom. The van der Waals surface area contributed by atoms with Crippen LogP contribution in [0.5, 0.6) is 5.75 Å². The predicted molar refractivity (Wildman–Crippen MR) is 102 cm³/mol. The van der Waals surface area contributed by atoms with Gasteiger partial charge in [0.1, 0.15) is 0 Å². The third kappa shape index (κ3) is 3.53. The smallest absolute Gasteiger partial charge is 0.262 e. The Hall–Kier alpha value is -2.54. The van der Waals surface area contributed by atoms with Crippen LogP contribution >= 0.6 is 11.3 Å². The van der Waals surface area contributed by atoms with Gasteiger partial charge in [0.2, 0.25) is 5.91 Å². The van der Waals surface area contributed by atoms with Gasteiger partial charge < -0.3 is 19.9 Å². The van der Waals surface area contributed by atoms with E-state index in [1.54, 1.807) is 11.3 Å². The number of benzene rings is 1. The summed E-state index contributed by atoms with van der Waals surface area (Å²) in [6.45, 7) is 2.99. The van der Waals surface area contributed by atoms with Crippen molar-refractivity contribution in [3.8, 4) is 5.75 Å². The van der Waals surface area contributed by atoms with Crippen molar-refractivity contribution in [2.24, 2.45) is 0 Å². The number of anilines is 2. The normalized spacial score (nSPS) is 16.7. The Morgan fingerprint density at radius 3 is 2.77 bits per heavy atom. The molecule has 0 unspecified atom stereocenters. The van der Waals surface area contributed by atoms with Crippen LogP contribution in [0.3, 0.4) is 0 Å². The summed E-state index contributed by atoms with van der Waals surface area (Å²) in [6, 6.07) is 9.87. The number of carbonyl (C=O) groups excluding carboxylic acids is 2. The lowest BCUT2D eigenvalue weighted by atomic mass is 10.1. The summed E-state index contributed by atoms with van der Waals surface area (Å²) in [5.74, 6) is 0.817. The number of aryl methyl sites for hydroxylation is 1. The Bertz CT molecular complexity index is 798. The van der Waals surface area contributed by atoms with E-state index in [0.29, 0.717) is 25.2 Å². The van der Waals surface area contributed by atoms with E-state index >= 15 is 0 Å². The van der Waals surface area contributed by atoms with Crippen molar-refractivity contribution >= 4 is 34.5 Å². The molecule has 136 valence electrons. The molecule has 1 N–H and O–H groups in total. The third-order valence-electron chi connectivity index (χ3n) is 4.75. The number of nitrogens with one attached hydrogen (secondary N) is 1. The van der Waals surface area contributed by atoms with E-state index in [4.69, 9.17) is 4.74 Å². The average Bonchev–Trinajstić information content (AvgIpc) is 3.19. The summed E-state index contributed by atoms with van der Waals surface area (Å²) in [7, 11) is 0. The Labute approximate surface area is 156 Å². The second kappa shape index (κ2) is 7.37. The molecule has 26 heavy (non-hydrogen) atoms. The molecule has 6 nitrogen and oxygen atoms in total. The van der Waals surface area contributed by atoms with E-state index in [9.17, 15) is 9.59 Å². The molecule has 1 aromatic carbocycles. The summed E-state index contributed by atoms with van der Waals surface area (Å²) in [4.78, 5) is 29.4. The molecule has 0 spiro atoms. The first-order valence-electron chi connectivity index (χ1n) is 8.81. The monoisotopic (exact) mass is 371 g/mol. The van der Waals surface area contributed by atoms with E-state index in [0.717, 1.165) is 30.9 Å². The summed E-state index contributed by atoms with van der Waals surface area (Å²) >= 11 is 1.70. The van der Waals surface area contributed by atoms with Crippen LogP contribution in [0.1, 0.15) is 11.3 Å². The average molecular weight is 371 g/mol. The highest BCUT2D eigenvalue weighted by Gasteiger charge is 2.26. The Kier molecular flexibility index (Phi) is 4.79. The number of thiophene rings is 1. The zero-order chi connectivity index (χ0) is 17.9. The highest BCUT2D eigenvalue weighted by Crippen LogP contribution is 2.38. The molecule has 4 rings (SSSR count). The fraction of sp³-hybridized carbons (Fsp3) is 0.368. The van der Waals surface area contributed by atoms with Gasteiger partial charge in [-0.25, -0.2) is 0 Å². The molecule has 2 aromatic rings. The molecule has 0 saturated carbocycles. The predicted octanol–water partition coefficient (Wildman–Crippen LogP) is 2.36. The number of piperazine rings is 1. The Morgan fingerprint density at radius 1 is 1.15 bits per heavy atom. The molecule has 0 aliphatic carbocycles. The standard InChI is InChI=1S/C19H21N3O3S/c23-17-13-25-19-15(20-17)4-1-5-16(19)21-8-10-22(11-9-21)18(24)7-6-14-3-2-12-26-14/h1-5,12H,6-11,13H2,(H,20,23). The van der Waals surface area contributed by atoms with E-state index in [-0.39, 0.29) is 18.4 Å². The molecule has 2 amide bonds. The SMILES string of the molecule is O=C1COc2c(cccc2N2CCN(C(=O)CCc3cccs3)CC2)N1. The number of fused-ring (bicyclic) bond motifs is 1. The number of rotatable bonds is 4. The number of ether oxygens (including phenoxy) is 1. The van der Waals surface area contributed by atoms with Gasteiger partial charge in [-0.05, 0) is 30.0 Å². The molecule has 2 aliphatic heterocycles. The molecule has 1 saturated heterocycles. The minimum absolute atomic E-state index is 0.0468. The number of hydrogen-bond donors (Lipinski definition) is 1. The van der Waals surface area contributed by atoms with Crippen molar-refractivity contribution in [1.82, 2.24) is 4.90 Å². The van der Waals surface area contributed by atoms with Crippen molar-refractivity contribution < 1.29 is 14.3 Å². The van der Waals surface area contributed by atoms with Gasteiger partial charge in [-0.2, -0.15) is 0 Å². The maximum Gasteiger partial charge on any atom is 0.262 e. The van der Waals surface area contributed by atoms with Gasteiger partial charge in [-0.15, -0.1) is 11.3 Å². The second-order valence-corrected chi connectivity index (χ2v) is 7.47. The van der Waals surface area contributed by atoms with Gasteiger partial charge in [0.15, 0.2) is 12.4 Å². The summed E-state index contributed by atoms with van der Waals surface area (Å²) < 4.78 is 5.64. The van der Waals surface area contributed by atoms with E-state index in [2.05, 4.69) is 16.3 Å². The number of amides is 2. The Balaban J connectivity index is 1.36. The molecule has 0 atom stereocenters. The summed E-state index contributed by atoms with van der Waals surface area (Å²) in [5.41, 5.74) is 1.70. The first-order chi connectivity index (χ1) is 12.7. The quantitative estimate of drug-likeness (QED) is 0.896. The molecule has 3 heterocycles. The van der Waals surface area contributed by atoms with E-state index < -0.39 is 0 Å². The number of carbonyl (C=O) groups is 2. The lowest BCUT2D eigenvalue weighted by Gasteiger charge is -2.37. The lowest BCUT2D eigenvalue weighted by molar-refractivity contribution is -0.131. The molecule has 0 radical (unpaired) electrons. The van der Waals surface area contributed by atoms with Gasteiger partial charge in [-0.3, -0.25) is 9.59 Å². The van der Waals surface area contributed by atoms with Gasteiger partial charge in [0.05, 0.1) is 11.4 Å². The van der Waals surface area contributed by atoms with Crippen LogP contribution < -0.4 is 15.0 Å². The second-order valence-electron chi connectivity index (χ2n) is 6.44. The topological polar surface area (TPSA) is 61.9 Å². The lowest BCUT2D eigenvalue weighted by Crippen LogP contribution is -2.49. The molecular weight excluding hydrogens is 350 g/mol. The van der Waals surface area contributed by atoms with Crippen LogP contribution in [0, 0.1) is 0 Å². The number of para-hydroxylation sites is 1. The van der Waals surface area contributed by atoms with Crippen molar-refractivity contribution in [3.05, 3.63) is 40.6 Å². The van der Waals surface area contributed by atoms with Crippen molar-refractivity contribution in [1.29, 1.82) is 0 Å². The van der Waals surface area contributed by atoms with Gasteiger partial charge in [0, 0.05) is 37.5 Å². The van der Waals surface area contributed by atoms with Crippen molar-refractivity contribution in [2.45, 2.75) is 12.8 Å². The largest absolute Gasteiger partial charge is 0.479 e. The highest BCUT2D eigenvalue weighted by atomic mass is 32.1. The molecule has 7 heteroatoms. The van der Waals surface area contributed by atoms with Crippen LogP contribution in [0.25, 0.3) is 0 Å². The first-order valence-corrected chi connectivity index (χ1v) is 9.69. The molecule has 0 bridgehead atoms. The maximum atomic E-state index is 12.4. The third-order valence-corrected chi connectivity index (χ3v) is 5.69. The maximum absolute atomic E-state index is 12.4. The van der Waals surface area contributed by atoms with E-state index in [1.165, 1.54) is 4.88 Å². The first kappa shape index (κ1) is 16.9. The van der Waals surface area contributed by atoms with Gasteiger partial charge >= 0.3 is 0 Å². The molecular formula is C19H21N3O3S. The minimum Gasteiger partial charge on any atom is -0.479 e. The van der Waals surface area contributed by atoms with Crippen LogP contribution in [0.4, 0.5) is 11.4 Å². The molecule has 2 aliphatic rings.